The molecule has 2 aromatic rings. The molecule has 8 heteroatoms. The van der Waals surface area contributed by atoms with Crippen LogP contribution in [-0.4, -0.2) is 48.9 Å². The summed E-state index contributed by atoms with van der Waals surface area (Å²) in [4.78, 5) is 20.0. The molecule has 4 unspecified atom stereocenters. The molecule has 1 aliphatic heterocycles. The second kappa shape index (κ2) is 9.63. The summed E-state index contributed by atoms with van der Waals surface area (Å²) in [7, 11) is 6.17. The van der Waals surface area contributed by atoms with E-state index in [0.717, 1.165) is 40.8 Å². The van der Waals surface area contributed by atoms with Gasteiger partial charge in [0.25, 0.3) is 0 Å². The number of fused-ring (bicyclic) bond motifs is 1. The van der Waals surface area contributed by atoms with Crippen molar-refractivity contribution in [3.8, 4) is 0 Å². The number of rotatable bonds is 9. The number of hydrogen-bond donors (Lipinski definition) is 4. The Balaban J connectivity index is 1.05. The third-order valence-corrected chi connectivity index (χ3v) is 8.34. The molecular formula is C31H33BN6O. The van der Waals surface area contributed by atoms with Gasteiger partial charge in [-0.25, -0.2) is 4.99 Å². The van der Waals surface area contributed by atoms with Crippen LogP contribution in [-0.2, 0) is 11.2 Å². The van der Waals surface area contributed by atoms with Crippen molar-refractivity contribution < 1.29 is 4.79 Å². The van der Waals surface area contributed by atoms with Crippen molar-refractivity contribution in [3.05, 3.63) is 95.8 Å². The van der Waals surface area contributed by atoms with Crippen LogP contribution in [0.25, 0.3) is 0 Å². The molecule has 4 atom stereocenters. The molecule has 2 radical (unpaired) electrons. The highest BCUT2D eigenvalue weighted by Gasteiger charge is 2.68. The van der Waals surface area contributed by atoms with Crippen LogP contribution < -0.4 is 27.6 Å². The number of nitrogens with one attached hydrogen (secondary N) is 2. The molecule has 39 heavy (non-hydrogen) atoms. The highest BCUT2D eigenvalue weighted by molar-refractivity contribution is 6.33. The van der Waals surface area contributed by atoms with Gasteiger partial charge in [0, 0.05) is 36.0 Å². The molecule has 0 saturated heterocycles. The molecule has 6 rings (SSSR count). The molecule has 7 nitrogen and oxygen atoms in total. The summed E-state index contributed by atoms with van der Waals surface area (Å²) in [6.45, 7) is 3.17. The molecule has 2 aromatic carbocycles. The Bertz CT molecular complexity index is 1460. The number of carbonyl (C=O) groups is 1. The molecule has 1 amide bonds. The minimum Gasteiger partial charge on any atom is -0.399 e. The standard InChI is InChI=1S/C31H33BN6O/c1-30-25(16-22-8-2-3-11-26(22)32)27(30)28(39)38(29(34)37-30)19-21-7-4-6-20(12-13-21)18-35-31(14-15-31)36-24-10-5-9-23(33)17-24/h2-5,8-15,17,21,25,27,35-36H,7,16,18-19,33H2,1H3,(H2,34,37). The zero-order chi connectivity index (χ0) is 27.2. The molecule has 1 fully saturated rings. The van der Waals surface area contributed by atoms with E-state index in [1.165, 1.54) is 0 Å². The van der Waals surface area contributed by atoms with E-state index in [0.29, 0.717) is 19.0 Å². The second-order valence-corrected chi connectivity index (χ2v) is 11.2. The molecule has 3 aliphatic carbocycles. The van der Waals surface area contributed by atoms with Gasteiger partial charge in [-0.15, -0.1) is 5.73 Å². The van der Waals surface area contributed by atoms with Crippen LogP contribution in [0.4, 0.5) is 11.4 Å². The van der Waals surface area contributed by atoms with Crippen LogP contribution in [0.15, 0.2) is 95.2 Å². The summed E-state index contributed by atoms with van der Waals surface area (Å²) in [5, 5.41) is 7.02. The number of nitrogen functional groups attached to an aromatic ring is 1. The maximum absolute atomic E-state index is 13.5. The first-order valence-corrected chi connectivity index (χ1v) is 13.5. The van der Waals surface area contributed by atoms with Crippen molar-refractivity contribution >= 4 is 36.6 Å². The van der Waals surface area contributed by atoms with E-state index < -0.39 is 5.54 Å². The van der Waals surface area contributed by atoms with Gasteiger partial charge in [-0.05, 0) is 62.1 Å². The normalized spacial score (nSPS) is 27.9. The SMILES string of the molecule is [B]c1ccccc1CC1C2C(=O)N(CC3C=CC(CNC4(Nc5cccc(N)c5)C=C4)=C=CC3)C(N)=NC12C. The molecule has 1 saturated carbocycles. The molecule has 196 valence electrons. The summed E-state index contributed by atoms with van der Waals surface area (Å²) in [6, 6.07) is 15.5. The van der Waals surface area contributed by atoms with E-state index in [2.05, 4.69) is 40.7 Å². The molecule has 0 bridgehead atoms. The Morgan fingerprint density at radius 1 is 1.18 bits per heavy atom. The first-order chi connectivity index (χ1) is 18.8. The number of benzene rings is 2. The van der Waals surface area contributed by atoms with Gasteiger partial charge in [-0.2, -0.15) is 0 Å². The Kier molecular flexibility index (Phi) is 6.25. The number of hydrogen-bond acceptors (Lipinski definition) is 6. The summed E-state index contributed by atoms with van der Waals surface area (Å²) in [5.74, 6) is 0.440. The first kappa shape index (κ1) is 25.3. The fraction of sp³-hybridized carbons (Fsp3) is 0.323. The van der Waals surface area contributed by atoms with E-state index in [1.54, 1.807) is 4.90 Å². The topological polar surface area (TPSA) is 109 Å². The number of aliphatic imine (C=N–C) groups is 1. The lowest BCUT2D eigenvalue weighted by Crippen LogP contribution is -2.49. The maximum atomic E-state index is 13.5. The average molecular weight is 516 g/mol. The monoisotopic (exact) mass is 516 g/mol. The van der Waals surface area contributed by atoms with Gasteiger partial charge in [-0.1, -0.05) is 53.5 Å². The Morgan fingerprint density at radius 2 is 2.00 bits per heavy atom. The van der Waals surface area contributed by atoms with Gasteiger partial charge in [0.2, 0.25) is 5.91 Å². The number of anilines is 2. The van der Waals surface area contributed by atoms with Gasteiger partial charge in [0.1, 0.15) is 13.5 Å². The lowest BCUT2D eigenvalue weighted by atomic mass is 9.88. The molecule has 4 aliphatic rings. The summed E-state index contributed by atoms with van der Waals surface area (Å²) >= 11 is 0. The van der Waals surface area contributed by atoms with Gasteiger partial charge in [0.05, 0.1) is 11.5 Å². The molecular weight excluding hydrogens is 483 g/mol. The van der Waals surface area contributed by atoms with Gasteiger partial charge >= 0.3 is 0 Å². The van der Waals surface area contributed by atoms with E-state index >= 15 is 0 Å². The van der Waals surface area contributed by atoms with Crippen molar-refractivity contribution in [2.45, 2.75) is 31.0 Å². The Morgan fingerprint density at radius 3 is 2.77 bits per heavy atom. The van der Waals surface area contributed by atoms with Crippen LogP contribution in [0.1, 0.15) is 18.9 Å². The van der Waals surface area contributed by atoms with Crippen molar-refractivity contribution in [1.29, 1.82) is 0 Å². The van der Waals surface area contributed by atoms with E-state index in [4.69, 9.17) is 24.3 Å². The second-order valence-electron chi connectivity index (χ2n) is 11.2. The summed E-state index contributed by atoms with van der Waals surface area (Å²) in [5.41, 5.74) is 19.4. The van der Waals surface area contributed by atoms with Crippen molar-refractivity contribution in [1.82, 2.24) is 10.2 Å². The third kappa shape index (κ3) is 5.06. The predicted molar refractivity (Wildman–Crippen MR) is 157 cm³/mol. The fourth-order valence-electron chi connectivity index (χ4n) is 5.84. The van der Waals surface area contributed by atoms with Gasteiger partial charge in [-0.3, -0.25) is 15.0 Å². The van der Waals surface area contributed by atoms with Crippen LogP contribution in [0.2, 0.25) is 0 Å². The number of nitrogens with zero attached hydrogens (tertiary/aromatic N) is 2. The molecule has 0 spiro atoms. The average Bonchev–Trinajstić information content (AvgIpc) is 3.80. The zero-order valence-electron chi connectivity index (χ0n) is 22.1. The third-order valence-electron chi connectivity index (χ3n) is 8.34. The Labute approximate surface area is 230 Å². The summed E-state index contributed by atoms with van der Waals surface area (Å²) < 4.78 is 0. The largest absolute Gasteiger partial charge is 0.399 e. The van der Waals surface area contributed by atoms with Crippen molar-refractivity contribution in [2.75, 3.05) is 24.1 Å². The fourth-order valence-corrected chi connectivity index (χ4v) is 5.84. The molecule has 1 heterocycles. The van der Waals surface area contributed by atoms with Crippen LogP contribution >= 0.6 is 0 Å². The lowest BCUT2D eigenvalue weighted by molar-refractivity contribution is -0.130. The number of carbonyl (C=O) groups excluding carboxylic acids is 1. The van der Waals surface area contributed by atoms with Crippen LogP contribution in [0.5, 0.6) is 0 Å². The van der Waals surface area contributed by atoms with Crippen LogP contribution in [0, 0.1) is 17.8 Å². The van der Waals surface area contributed by atoms with E-state index in [1.807, 2.05) is 61.5 Å². The maximum Gasteiger partial charge on any atom is 0.235 e. The lowest BCUT2D eigenvalue weighted by Gasteiger charge is -2.29. The molecule has 0 aromatic heterocycles. The van der Waals surface area contributed by atoms with Crippen molar-refractivity contribution in [3.63, 3.8) is 0 Å². The molecule has 6 N–H and O–H groups in total. The minimum atomic E-state index is -0.453. The highest BCUT2D eigenvalue weighted by atomic mass is 16.2. The smallest absolute Gasteiger partial charge is 0.235 e. The van der Waals surface area contributed by atoms with E-state index in [-0.39, 0.29) is 29.3 Å². The van der Waals surface area contributed by atoms with Crippen LogP contribution in [0.3, 0.4) is 0 Å². The first-order valence-electron chi connectivity index (χ1n) is 13.5. The number of guanidine groups is 1. The predicted octanol–water partition coefficient (Wildman–Crippen LogP) is 2.39. The van der Waals surface area contributed by atoms with Gasteiger partial charge in [0.15, 0.2) is 5.96 Å². The summed E-state index contributed by atoms with van der Waals surface area (Å²) in [6.07, 6.45) is 11.9. The Hall–Kier alpha value is -4.00. The minimum absolute atomic E-state index is 0.0651. The number of nitrogens with two attached hydrogens (primary N) is 2. The highest BCUT2D eigenvalue weighted by Crippen LogP contribution is 2.57. The van der Waals surface area contributed by atoms with Gasteiger partial charge < -0.3 is 16.8 Å². The van der Waals surface area contributed by atoms with Crippen molar-refractivity contribution in [2.24, 2.45) is 28.5 Å². The number of amides is 1. The quantitative estimate of drug-likeness (QED) is 0.135. The van der Waals surface area contributed by atoms with E-state index in [9.17, 15) is 4.79 Å². The zero-order valence-corrected chi connectivity index (χ0v) is 22.1.